The Kier molecular flexibility index (Phi) is 3.16. The second kappa shape index (κ2) is 4.98. The van der Waals surface area contributed by atoms with E-state index in [1.165, 1.54) is 6.07 Å². The first-order valence-electron chi connectivity index (χ1n) is 6.32. The van der Waals surface area contributed by atoms with Crippen molar-refractivity contribution in [2.24, 2.45) is 0 Å². The molecule has 1 heterocycles. The number of carbonyl (C=O) groups is 1. The average Bonchev–Trinajstić information content (AvgIpc) is 3.28. The number of hydrogen-bond donors (Lipinski definition) is 1. The van der Waals surface area contributed by atoms with Crippen molar-refractivity contribution in [1.29, 1.82) is 0 Å². The second-order valence-electron chi connectivity index (χ2n) is 4.64. The first-order chi connectivity index (χ1) is 9.70. The van der Waals surface area contributed by atoms with Crippen LogP contribution in [0.5, 0.6) is 11.5 Å². The number of methoxy groups -OCH3 is 1. The van der Waals surface area contributed by atoms with Crippen LogP contribution in [0.3, 0.4) is 0 Å². The molecular weight excluding hydrogens is 256 g/mol. The lowest BCUT2D eigenvalue weighted by atomic mass is 10.0. The van der Waals surface area contributed by atoms with Crippen LogP contribution in [0.15, 0.2) is 48.5 Å². The standard InChI is InChI=1S/C16H14O4/c1-19-11-6-4-5-10(9-11)15-16(20-15)14(18)12-7-2-3-8-13(12)17/h2-9,15-17H,1H3. The minimum Gasteiger partial charge on any atom is -0.507 e. The zero-order valence-corrected chi connectivity index (χ0v) is 10.9. The van der Waals surface area contributed by atoms with E-state index < -0.39 is 6.10 Å². The lowest BCUT2D eigenvalue weighted by Gasteiger charge is -2.02. The average molecular weight is 270 g/mol. The van der Waals surface area contributed by atoms with Crippen LogP contribution in [-0.2, 0) is 4.74 Å². The molecule has 2 aromatic rings. The van der Waals surface area contributed by atoms with Gasteiger partial charge in [0.2, 0.25) is 0 Å². The van der Waals surface area contributed by atoms with Crippen molar-refractivity contribution in [3.63, 3.8) is 0 Å². The largest absolute Gasteiger partial charge is 0.507 e. The minimum absolute atomic E-state index is 0.0163. The lowest BCUT2D eigenvalue weighted by molar-refractivity contribution is 0.0951. The van der Waals surface area contributed by atoms with Gasteiger partial charge < -0.3 is 14.6 Å². The van der Waals surface area contributed by atoms with E-state index >= 15 is 0 Å². The smallest absolute Gasteiger partial charge is 0.198 e. The Hall–Kier alpha value is -2.33. The van der Waals surface area contributed by atoms with Crippen molar-refractivity contribution in [3.8, 4) is 11.5 Å². The Balaban J connectivity index is 1.79. The van der Waals surface area contributed by atoms with E-state index in [9.17, 15) is 9.90 Å². The molecule has 0 aliphatic carbocycles. The highest BCUT2D eigenvalue weighted by atomic mass is 16.6. The van der Waals surface area contributed by atoms with Gasteiger partial charge in [0.05, 0.1) is 12.7 Å². The Labute approximate surface area is 116 Å². The van der Waals surface area contributed by atoms with Gasteiger partial charge in [-0.1, -0.05) is 24.3 Å². The highest BCUT2D eigenvalue weighted by molar-refractivity contribution is 6.03. The summed E-state index contributed by atoms with van der Waals surface area (Å²) in [5.41, 5.74) is 1.20. The van der Waals surface area contributed by atoms with Crippen LogP contribution in [0.25, 0.3) is 0 Å². The number of para-hydroxylation sites is 1. The Morgan fingerprint density at radius 2 is 2.00 bits per heavy atom. The van der Waals surface area contributed by atoms with E-state index in [1.54, 1.807) is 25.3 Å². The van der Waals surface area contributed by atoms with Gasteiger partial charge in [-0.15, -0.1) is 0 Å². The summed E-state index contributed by atoms with van der Waals surface area (Å²) in [4.78, 5) is 12.2. The van der Waals surface area contributed by atoms with E-state index in [-0.39, 0.29) is 17.6 Å². The van der Waals surface area contributed by atoms with Crippen molar-refractivity contribution in [3.05, 3.63) is 59.7 Å². The number of benzene rings is 2. The molecule has 102 valence electrons. The van der Waals surface area contributed by atoms with Gasteiger partial charge in [-0.25, -0.2) is 0 Å². The van der Waals surface area contributed by atoms with Gasteiger partial charge in [-0.3, -0.25) is 4.79 Å². The first kappa shape index (κ1) is 12.7. The van der Waals surface area contributed by atoms with Crippen LogP contribution in [-0.4, -0.2) is 24.1 Å². The quantitative estimate of drug-likeness (QED) is 0.685. The molecule has 4 heteroatoms. The first-order valence-corrected chi connectivity index (χ1v) is 6.32. The number of epoxide rings is 1. The second-order valence-corrected chi connectivity index (χ2v) is 4.64. The van der Waals surface area contributed by atoms with Crippen LogP contribution in [0, 0.1) is 0 Å². The summed E-state index contributed by atoms with van der Waals surface area (Å²) in [6, 6.07) is 13.9. The number of hydrogen-bond acceptors (Lipinski definition) is 4. The molecule has 2 unspecified atom stereocenters. The molecule has 0 amide bonds. The van der Waals surface area contributed by atoms with Gasteiger partial charge >= 0.3 is 0 Å². The Bertz CT molecular complexity index is 650. The zero-order chi connectivity index (χ0) is 14.1. The van der Waals surface area contributed by atoms with Crippen molar-refractivity contribution >= 4 is 5.78 Å². The Morgan fingerprint density at radius 1 is 1.20 bits per heavy atom. The van der Waals surface area contributed by atoms with Gasteiger partial charge in [-0.2, -0.15) is 0 Å². The van der Waals surface area contributed by atoms with Gasteiger partial charge in [0.25, 0.3) is 0 Å². The maximum Gasteiger partial charge on any atom is 0.198 e. The van der Waals surface area contributed by atoms with Crippen molar-refractivity contribution in [2.75, 3.05) is 7.11 Å². The summed E-state index contributed by atoms with van der Waals surface area (Å²) in [7, 11) is 1.59. The van der Waals surface area contributed by atoms with Crippen molar-refractivity contribution in [1.82, 2.24) is 0 Å². The fourth-order valence-electron chi connectivity index (χ4n) is 2.22. The molecule has 4 nitrogen and oxygen atoms in total. The van der Waals surface area contributed by atoms with Gasteiger partial charge in [-0.05, 0) is 29.8 Å². The molecule has 1 fully saturated rings. The number of rotatable bonds is 4. The molecular formula is C16H14O4. The minimum atomic E-state index is -0.532. The molecule has 20 heavy (non-hydrogen) atoms. The molecule has 1 aliphatic heterocycles. The summed E-state index contributed by atoms with van der Waals surface area (Å²) in [5.74, 6) is 0.514. The van der Waals surface area contributed by atoms with Crippen LogP contribution in [0.2, 0.25) is 0 Å². The van der Waals surface area contributed by atoms with E-state index in [2.05, 4.69) is 0 Å². The zero-order valence-electron chi connectivity index (χ0n) is 10.9. The number of Topliss-reactive ketones (excluding diaryl/α,β-unsaturated/α-hetero) is 1. The molecule has 1 saturated heterocycles. The SMILES string of the molecule is COc1cccc(C2OC2C(=O)c2ccccc2O)c1. The molecule has 3 rings (SSSR count). The highest BCUT2D eigenvalue weighted by Crippen LogP contribution is 2.42. The molecule has 2 atom stereocenters. The van der Waals surface area contributed by atoms with E-state index in [0.29, 0.717) is 5.56 Å². The molecule has 1 N–H and O–H groups in total. The fraction of sp³-hybridized carbons (Fsp3) is 0.188. The number of carbonyl (C=O) groups excluding carboxylic acids is 1. The van der Waals surface area contributed by atoms with Crippen LogP contribution in [0.1, 0.15) is 22.0 Å². The van der Waals surface area contributed by atoms with Crippen LogP contribution in [0.4, 0.5) is 0 Å². The predicted octanol–water partition coefficient (Wildman–Crippen LogP) is 2.72. The summed E-state index contributed by atoms with van der Waals surface area (Å²) < 4.78 is 10.6. The molecule has 0 spiro atoms. The summed E-state index contributed by atoms with van der Waals surface area (Å²) in [6.45, 7) is 0. The fourth-order valence-corrected chi connectivity index (χ4v) is 2.22. The molecule has 0 saturated carbocycles. The van der Waals surface area contributed by atoms with Crippen LogP contribution < -0.4 is 4.74 Å². The van der Waals surface area contributed by atoms with E-state index in [1.807, 2.05) is 24.3 Å². The summed E-state index contributed by atoms with van der Waals surface area (Å²) >= 11 is 0. The number of phenolic OH excluding ortho intramolecular Hbond substituents is 1. The molecule has 0 aromatic heterocycles. The van der Waals surface area contributed by atoms with E-state index in [4.69, 9.17) is 9.47 Å². The maximum absolute atomic E-state index is 12.2. The van der Waals surface area contributed by atoms with Gasteiger partial charge in [0, 0.05) is 0 Å². The van der Waals surface area contributed by atoms with Crippen molar-refractivity contribution < 1.29 is 19.4 Å². The number of ether oxygens (including phenoxy) is 2. The number of phenols is 1. The summed E-state index contributed by atoms with van der Waals surface area (Å²) in [6.07, 6.45) is -0.799. The number of aromatic hydroxyl groups is 1. The van der Waals surface area contributed by atoms with Crippen LogP contribution >= 0.6 is 0 Å². The normalized spacial score (nSPS) is 20.4. The third-order valence-corrected chi connectivity index (χ3v) is 3.34. The Morgan fingerprint density at radius 3 is 2.75 bits per heavy atom. The molecule has 0 radical (unpaired) electrons. The maximum atomic E-state index is 12.2. The van der Waals surface area contributed by atoms with E-state index in [0.717, 1.165) is 11.3 Å². The molecule has 0 bridgehead atoms. The van der Waals surface area contributed by atoms with Gasteiger partial charge in [0.1, 0.15) is 17.6 Å². The highest BCUT2D eigenvalue weighted by Gasteiger charge is 2.46. The third kappa shape index (κ3) is 2.26. The third-order valence-electron chi connectivity index (χ3n) is 3.34. The molecule has 1 aliphatic rings. The predicted molar refractivity (Wildman–Crippen MR) is 73.0 cm³/mol. The molecule has 2 aromatic carbocycles. The lowest BCUT2D eigenvalue weighted by Crippen LogP contribution is -2.08. The monoisotopic (exact) mass is 270 g/mol. The topological polar surface area (TPSA) is 59.1 Å². The van der Waals surface area contributed by atoms with Gasteiger partial charge in [0.15, 0.2) is 11.9 Å². The number of ketones is 1. The van der Waals surface area contributed by atoms with Crippen molar-refractivity contribution in [2.45, 2.75) is 12.2 Å². The summed E-state index contributed by atoms with van der Waals surface area (Å²) in [5, 5.41) is 9.70.